The molecular formula is C24H37N3O5S. The zero-order chi connectivity index (χ0) is 23.6. The van der Waals surface area contributed by atoms with Crippen LogP contribution in [0.5, 0.6) is 0 Å². The summed E-state index contributed by atoms with van der Waals surface area (Å²) in [6.45, 7) is 12.0. The predicted molar refractivity (Wildman–Crippen MR) is 126 cm³/mol. The third-order valence-electron chi connectivity index (χ3n) is 6.96. The molecule has 184 valence electrons. The van der Waals surface area contributed by atoms with E-state index < -0.39 is 10.0 Å². The number of piperidine rings is 1. The van der Waals surface area contributed by atoms with Gasteiger partial charge in [-0.3, -0.25) is 9.69 Å². The zero-order valence-corrected chi connectivity index (χ0v) is 20.8. The Bertz CT molecular complexity index is 929. The largest absolute Gasteiger partial charge is 0.379 e. The summed E-state index contributed by atoms with van der Waals surface area (Å²) in [5.41, 5.74) is 1.29. The quantitative estimate of drug-likeness (QED) is 0.643. The summed E-state index contributed by atoms with van der Waals surface area (Å²) in [6.07, 6.45) is 2.46. The third-order valence-corrected chi connectivity index (χ3v) is 8.86. The highest BCUT2D eigenvalue weighted by Gasteiger charge is 2.31. The van der Waals surface area contributed by atoms with Crippen LogP contribution in [0.1, 0.15) is 42.6 Å². The minimum Gasteiger partial charge on any atom is -0.379 e. The molecular weight excluding hydrogens is 442 g/mol. The molecule has 0 spiro atoms. The smallest absolute Gasteiger partial charge is 0.254 e. The van der Waals surface area contributed by atoms with Crippen molar-refractivity contribution in [2.75, 3.05) is 59.0 Å². The van der Waals surface area contributed by atoms with Crippen LogP contribution in [-0.2, 0) is 19.5 Å². The highest BCUT2D eigenvalue weighted by molar-refractivity contribution is 7.89. The first-order chi connectivity index (χ1) is 15.7. The number of carbonyl (C=O) groups is 1. The van der Waals surface area contributed by atoms with Gasteiger partial charge in [0, 0.05) is 51.4 Å². The lowest BCUT2D eigenvalue weighted by atomic mass is 9.94. The number of nitrogens with zero attached hydrogens (tertiary/aromatic N) is 3. The Labute approximate surface area is 197 Å². The number of ether oxygens (including phenoxy) is 2. The highest BCUT2D eigenvalue weighted by atomic mass is 32.2. The van der Waals surface area contributed by atoms with E-state index in [4.69, 9.17) is 9.47 Å². The summed E-state index contributed by atoms with van der Waals surface area (Å²) < 4.78 is 38.7. The Balaban J connectivity index is 1.39. The van der Waals surface area contributed by atoms with E-state index in [2.05, 4.69) is 18.7 Å². The molecule has 0 N–H and O–H groups in total. The molecule has 0 saturated carbocycles. The average Bonchev–Trinajstić information content (AvgIpc) is 2.79. The van der Waals surface area contributed by atoms with Gasteiger partial charge in [0.1, 0.15) is 0 Å². The first-order valence-corrected chi connectivity index (χ1v) is 13.5. The summed E-state index contributed by atoms with van der Waals surface area (Å²) in [4.78, 5) is 17.9. The molecule has 9 heteroatoms. The summed E-state index contributed by atoms with van der Waals surface area (Å²) in [7, 11) is -3.63. The van der Waals surface area contributed by atoms with Gasteiger partial charge in [0.2, 0.25) is 10.0 Å². The van der Waals surface area contributed by atoms with Gasteiger partial charge in [0.25, 0.3) is 5.91 Å². The lowest BCUT2D eigenvalue weighted by Crippen LogP contribution is -2.48. The molecule has 1 amide bonds. The Hall–Kier alpha value is -1.52. The molecule has 2 atom stereocenters. The molecule has 1 aromatic rings. The fraction of sp³-hybridized carbons (Fsp3) is 0.708. The maximum atomic E-state index is 13.3. The lowest BCUT2D eigenvalue weighted by Gasteiger charge is -2.39. The van der Waals surface area contributed by atoms with Crippen LogP contribution in [0.3, 0.4) is 0 Å². The number of sulfonamides is 1. The second kappa shape index (κ2) is 10.4. The molecule has 33 heavy (non-hydrogen) atoms. The van der Waals surface area contributed by atoms with E-state index in [0.717, 1.165) is 38.0 Å². The maximum Gasteiger partial charge on any atom is 0.254 e. The molecule has 3 saturated heterocycles. The molecule has 3 aliphatic heterocycles. The molecule has 0 aliphatic carbocycles. The van der Waals surface area contributed by atoms with E-state index in [1.807, 2.05) is 11.8 Å². The molecule has 8 nitrogen and oxygen atoms in total. The Morgan fingerprint density at radius 1 is 1.03 bits per heavy atom. The van der Waals surface area contributed by atoms with Gasteiger partial charge in [-0.25, -0.2) is 8.42 Å². The zero-order valence-electron chi connectivity index (χ0n) is 20.0. The minimum atomic E-state index is -3.63. The van der Waals surface area contributed by atoms with Crippen LogP contribution in [0.2, 0.25) is 0 Å². The number of amides is 1. The van der Waals surface area contributed by atoms with Gasteiger partial charge in [-0.15, -0.1) is 0 Å². The van der Waals surface area contributed by atoms with Gasteiger partial charge in [0.05, 0.1) is 30.3 Å². The van der Waals surface area contributed by atoms with E-state index in [-0.39, 0.29) is 23.0 Å². The number of morpholine rings is 2. The van der Waals surface area contributed by atoms with Crippen molar-refractivity contribution in [3.05, 3.63) is 29.3 Å². The molecule has 3 aliphatic rings. The summed E-state index contributed by atoms with van der Waals surface area (Å²) in [6, 6.07) is 4.91. The van der Waals surface area contributed by atoms with Gasteiger partial charge in [-0.1, -0.05) is 6.07 Å². The molecule has 2 unspecified atom stereocenters. The SMILES string of the molecule is Cc1ccc(S(=O)(=O)N2CCOCC2)cc1C(=O)N1CCC(CN2CC(C)OC(C)C2)CC1. The van der Waals surface area contributed by atoms with Crippen LogP contribution in [0.15, 0.2) is 23.1 Å². The van der Waals surface area contributed by atoms with Gasteiger partial charge in [-0.05, 0) is 57.2 Å². The van der Waals surface area contributed by atoms with Crippen LogP contribution in [0.4, 0.5) is 0 Å². The fourth-order valence-electron chi connectivity index (χ4n) is 5.22. The lowest BCUT2D eigenvalue weighted by molar-refractivity contribution is -0.0728. The second-order valence-electron chi connectivity index (χ2n) is 9.70. The summed E-state index contributed by atoms with van der Waals surface area (Å²) in [5.74, 6) is 0.499. The van der Waals surface area contributed by atoms with E-state index in [9.17, 15) is 13.2 Å². The number of aryl methyl sites for hydroxylation is 1. The van der Waals surface area contributed by atoms with Crippen LogP contribution in [0.25, 0.3) is 0 Å². The van der Waals surface area contributed by atoms with Crippen molar-refractivity contribution < 1.29 is 22.7 Å². The number of carbonyl (C=O) groups excluding carboxylic acids is 1. The van der Waals surface area contributed by atoms with Crippen LogP contribution in [-0.4, -0.2) is 99.7 Å². The molecule has 0 aromatic heterocycles. The van der Waals surface area contributed by atoms with Gasteiger partial charge in [-0.2, -0.15) is 4.31 Å². The number of benzene rings is 1. The van der Waals surface area contributed by atoms with Gasteiger partial charge < -0.3 is 14.4 Å². The Morgan fingerprint density at radius 3 is 2.30 bits per heavy atom. The second-order valence-corrected chi connectivity index (χ2v) is 11.6. The van der Waals surface area contributed by atoms with Crippen LogP contribution in [0, 0.1) is 12.8 Å². The van der Waals surface area contributed by atoms with Crippen LogP contribution >= 0.6 is 0 Å². The van der Waals surface area contributed by atoms with E-state index in [1.54, 1.807) is 18.2 Å². The van der Waals surface area contributed by atoms with Gasteiger partial charge >= 0.3 is 0 Å². The van der Waals surface area contributed by atoms with Crippen molar-refractivity contribution in [1.82, 2.24) is 14.1 Å². The first-order valence-electron chi connectivity index (χ1n) is 12.1. The van der Waals surface area contributed by atoms with E-state index in [0.29, 0.717) is 50.9 Å². The van der Waals surface area contributed by atoms with Gasteiger partial charge in [0.15, 0.2) is 0 Å². The average molecular weight is 480 g/mol. The molecule has 0 radical (unpaired) electrons. The maximum absolute atomic E-state index is 13.3. The van der Waals surface area contributed by atoms with Crippen molar-refractivity contribution >= 4 is 15.9 Å². The van der Waals surface area contributed by atoms with Crippen molar-refractivity contribution in [2.24, 2.45) is 5.92 Å². The van der Waals surface area contributed by atoms with E-state index in [1.165, 1.54) is 4.31 Å². The van der Waals surface area contributed by atoms with Crippen molar-refractivity contribution in [3.8, 4) is 0 Å². The Morgan fingerprint density at radius 2 is 1.67 bits per heavy atom. The topological polar surface area (TPSA) is 79.4 Å². The predicted octanol–water partition coefficient (Wildman–Crippen LogP) is 1.98. The minimum absolute atomic E-state index is 0.0707. The first kappa shape index (κ1) is 24.6. The highest BCUT2D eigenvalue weighted by Crippen LogP contribution is 2.25. The fourth-order valence-corrected chi connectivity index (χ4v) is 6.65. The molecule has 4 rings (SSSR count). The molecule has 0 bridgehead atoms. The molecule has 3 heterocycles. The Kier molecular flexibility index (Phi) is 7.75. The normalized spacial score (nSPS) is 26.5. The number of rotatable bonds is 5. The van der Waals surface area contributed by atoms with Crippen molar-refractivity contribution in [1.29, 1.82) is 0 Å². The van der Waals surface area contributed by atoms with Crippen molar-refractivity contribution in [2.45, 2.75) is 50.7 Å². The number of hydrogen-bond acceptors (Lipinski definition) is 6. The summed E-state index contributed by atoms with van der Waals surface area (Å²) in [5, 5.41) is 0. The third kappa shape index (κ3) is 5.77. The van der Waals surface area contributed by atoms with E-state index >= 15 is 0 Å². The van der Waals surface area contributed by atoms with Crippen molar-refractivity contribution in [3.63, 3.8) is 0 Å². The number of hydrogen-bond donors (Lipinski definition) is 0. The standard InChI is InChI=1S/C24H37N3O5S/c1-18-4-5-22(33(29,30)27-10-12-31-13-11-27)14-23(18)24(28)26-8-6-21(7-9-26)17-25-15-19(2)32-20(3)16-25/h4-5,14,19-21H,6-13,15-17H2,1-3H3. The number of likely N-dealkylation sites (tertiary alicyclic amines) is 1. The van der Waals surface area contributed by atoms with Crippen LogP contribution < -0.4 is 0 Å². The monoisotopic (exact) mass is 479 g/mol. The summed E-state index contributed by atoms with van der Waals surface area (Å²) >= 11 is 0. The molecule has 3 fully saturated rings. The molecule has 1 aromatic carbocycles.